The van der Waals surface area contributed by atoms with E-state index in [0.29, 0.717) is 6.42 Å². The van der Waals surface area contributed by atoms with Crippen LogP contribution in [0.1, 0.15) is 12.8 Å². The van der Waals surface area contributed by atoms with Gasteiger partial charge in [0.2, 0.25) is 0 Å². The van der Waals surface area contributed by atoms with E-state index in [0.717, 1.165) is 13.0 Å². The fourth-order valence-electron chi connectivity index (χ4n) is 2.07. The molecule has 90 valence electrons. The van der Waals surface area contributed by atoms with Gasteiger partial charge < -0.3 is 9.34 Å². The Hall–Kier alpha value is -0.136. The summed E-state index contributed by atoms with van der Waals surface area (Å²) in [7, 11) is -2.58. The van der Waals surface area contributed by atoms with E-state index in [4.69, 9.17) is 5.11 Å². The fourth-order valence-corrected chi connectivity index (χ4v) is 11.8. The van der Waals surface area contributed by atoms with E-state index in [2.05, 4.69) is 43.5 Å². The molecule has 0 unspecified atom stereocenters. The van der Waals surface area contributed by atoms with Crippen molar-refractivity contribution in [3.63, 3.8) is 0 Å². The Morgan fingerprint density at radius 1 is 1.07 bits per heavy atom. The third kappa shape index (κ3) is 6.11. The lowest BCUT2D eigenvalue weighted by Crippen LogP contribution is -2.59. The molecule has 0 atom stereocenters. The highest BCUT2D eigenvalue weighted by Crippen LogP contribution is 2.20. The summed E-state index contributed by atoms with van der Waals surface area (Å²) in [5, 5.41) is 8.64. The maximum atomic E-state index is 10.5. The molecular formula is C10H25NO2Si2. The third-order valence-electron chi connectivity index (χ3n) is 2.39. The van der Waals surface area contributed by atoms with Crippen LogP contribution in [0.5, 0.6) is 0 Å². The predicted octanol–water partition coefficient (Wildman–Crippen LogP) is 2.82. The van der Waals surface area contributed by atoms with Gasteiger partial charge in [0, 0.05) is 6.42 Å². The highest BCUT2D eigenvalue weighted by molar-refractivity contribution is 6.89. The van der Waals surface area contributed by atoms with E-state index in [1.54, 1.807) is 0 Å². The Kier molecular flexibility index (Phi) is 5.22. The van der Waals surface area contributed by atoms with Crippen LogP contribution < -0.4 is 0 Å². The lowest BCUT2D eigenvalue weighted by atomic mass is 10.3. The minimum atomic E-state index is -1.29. The van der Waals surface area contributed by atoms with Crippen LogP contribution in [0, 0.1) is 0 Å². The highest BCUT2D eigenvalue weighted by atomic mass is 28.4. The monoisotopic (exact) mass is 247 g/mol. The Bertz CT molecular complexity index is 204. The maximum Gasteiger partial charge on any atom is 0.303 e. The van der Waals surface area contributed by atoms with Crippen LogP contribution in [-0.4, -0.2) is 38.3 Å². The number of nitrogens with zero attached hydrogens (tertiary/aromatic N) is 1. The maximum absolute atomic E-state index is 10.5. The van der Waals surface area contributed by atoms with Gasteiger partial charge in [0.15, 0.2) is 0 Å². The Balaban J connectivity index is 4.35. The molecule has 0 rings (SSSR count). The number of hydrogen-bond donors (Lipinski definition) is 1. The minimum absolute atomic E-state index is 0.297. The van der Waals surface area contributed by atoms with E-state index in [9.17, 15) is 4.79 Å². The summed E-state index contributed by atoms with van der Waals surface area (Å²) in [6.07, 6.45) is 1.08. The quantitative estimate of drug-likeness (QED) is 0.734. The molecule has 0 aromatic heterocycles. The van der Waals surface area contributed by atoms with Crippen LogP contribution in [0.2, 0.25) is 39.3 Å². The number of carboxylic acids is 1. The number of hydrogen-bond acceptors (Lipinski definition) is 2. The molecule has 1 N–H and O–H groups in total. The van der Waals surface area contributed by atoms with Crippen molar-refractivity contribution < 1.29 is 9.90 Å². The van der Waals surface area contributed by atoms with Gasteiger partial charge in [-0.05, 0) is 13.0 Å². The van der Waals surface area contributed by atoms with Gasteiger partial charge in [-0.2, -0.15) is 0 Å². The summed E-state index contributed by atoms with van der Waals surface area (Å²) < 4.78 is 2.63. The van der Waals surface area contributed by atoms with Gasteiger partial charge in [0.05, 0.1) is 0 Å². The first-order valence-electron chi connectivity index (χ1n) is 5.54. The molecule has 5 heteroatoms. The van der Waals surface area contributed by atoms with Crippen molar-refractivity contribution in [2.24, 2.45) is 0 Å². The molecule has 0 heterocycles. The molecule has 0 aromatic rings. The lowest BCUT2D eigenvalue weighted by Gasteiger charge is -2.43. The smallest absolute Gasteiger partial charge is 0.303 e. The van der Waals surface area contributed by atoms with Crippen molar-refractivity contribution in [3.05, 3.63) is 0 Å². The first kappa shape index (κ1) is 14.9. The Morgan fingerprint density at radius 2 is 1.47 bits per heavy atom. The molecule has 0 saturated carbocycles. The van der Waals surface area contributed by atoms with Crippen molar-refractivity contribution in [2.45, 2.75) is 52.1 Å². The van der Waals surface area contributed by atoms with Crippen molar-refractivity contribution in [1.82, 2.24) is 4.23 Å². The van der Waals surface area contributed by atoms with E-state index < -0.39 is 22.4 Å². The van der Waals surface area contributed by atoms with E-state index in [1.165, 1.54) is 0 Å². The van der Waals surface area contributed by atoms with Crippen molar-refractivity contribution in [1.29, 1.82) is 0 Å². The summed E-state index contributed by atoms with van der Waals surface area (Å²) in [4.78, 5) is 10.5. The van der Waals surface area contributed by atoms with Crippen LogP contribution in [0.15, 0.2) is 0 Å². The topological polar surface area (TPSA) is 40.5 Å². The molecular weight excluding hydrogens is 222 g/mol. The van der Waals surface area contributed by atoms with Crippen molar-refractivity contribution in [3.8, 4) is 0 Å². The van der Waals surface area contributed by atoms with Gasteiger partial charge in [0.25, 0.3) is 0 Å². The molecule has 0 bridgehead atoms. The molecule has 0 aromatic carbocycles. The molecule has 0 radical (unpaired) electrons. The zero-order valence-electron chi connectivity index (χ0n) is 10.9. The molecule has 0 aliphatic rings. The molecule has 15 heavy (non-hydrogen) atoms. The second-order valence-corrected chi connectivity index (χ2v) is 16.2. The first-order valence-corrected chi connectivity index (χ1v) is 12.4. The second kappa shape index (κ2) is 5.27. The molecule has 0 saturated heterocycles. The zero-order chi connectivity index (χ0) is 12.3. The van der Waals surface area contributed by atoms with Gasteiger partial charge in [-0.15, -0.1) is 0 Å². The van der Waals surface area contributed by atoms with E-state index in [-0.39, 0.29) is 0 Å². The van der Waals surface area contributed by atoms with Crippen molar-refractivity contribution >= 4 is 22.4 Å². The first-order chi connectivity index (χ1) is 6.55. The molecule has 3 nitrogen and oxygen atoms in total. The van der Waals surface area contributed by atoms with Gasteiger partial charge in [-0.1, -0.05) is 39.3 Å². The van der Waals surface area contributed by atoms with E-state index in [1.807, 2.05) is 0 Å². The average molecular weight is 247 g/mol. The Morgan fingerprint density at radius 3 is 1.73 bits per heavy atom. The van der Waals surface area contributed by atoms with Gasteiger partial charge in [0.1, 0.15) is 16.5 Å². The average Bonchev–Trinajstić information content (AvgIpc) is 1.92. The summed E-state index contributed by atoms with van der Waals surface area (Å²) in [6, 6.07) is 0. The third-order valence-corrected chi connectivity index (χ3v) is 10.1. The molecule has 0 aliphatic heterocycles. The molecule has 0 spiro atoms. The minimum Gasteiger partial charge on any atom is -0.481 e. The fraction of sp³-hybridized carbons (Fsp3) is 0.900. The summed E-state index contributed by atoms with van der Waals surface area (Å²) in [5.41, 5.74) is 0. The number of aliphatic carboxylic acids is 1. The highest BCUT2D eigenvalue weighted by Gasteiger charge is 2.33. The van der Waals surface area contributed by atoms with Crippen LogP contribution in [0.3, 0.4) is 0 Å². The molecule has 0 aliphatic carbocycles. The summed E-state index contributed by atoms with van der Waals surface area (Å²) in [5.74, 6) is -0.680. The van der Waals surface area contributed by atoms with Crippen LogP contribution in [0.25, 0.3) is 0 Å². The van der Waals surface area contributed by atoms with Crippen LogP contribution in [0.4, 0.5) is 0 Å². The SMILES string of the molecule is C[Si](C)(C)N(CCCC(=O)O)[Si](C)(C)C. The molecule has 0 amide bonds. The lowest BCUT2D eigenvalue weighted by molar-refractivity contribution is -0.137. The van der Waals surface area contributed by atoms with E-state index >= 15 is 0 Å². The number of rotatable bonds is 6. The van der Waals surface area contributed by atoms with Gasteiger partial charge >= 0.3 is 5.97 Å². The summed E-state index contributed by atoms with van der Waals surface area (Å²) >= 11 is 0. The zero-order valence-corrected chi connectivity index (χ0v) is 12.9. The summed E-state index contributed by atoms with van der Waals surface area (Å²) in [6.45, 7) is 15.0. The van der Waals surface area contributed by atoms with Crippen LogP contribution in [-0.2, 0) is 4.79 Å². The largest absolute Gasteiger partial charge is 0.481 e. The predicted molar refractivity (Wildman–Crippen MR) is 70.3 cm³/mol. The number of carbonyl (C=O) groups is 1. The van der Waals surface area contributed by atoms with Crippen LogP contribution >= 0.6 is 0 Å². The van der Waals surface area contributed by atoms with Crippen molar-refractivity contribution in [2.75, 3.05) is 6.54 Å². The van der Waals surface area contributed by atoms with Gasteiger partial charge in [-0.25, -0.2) is 0 Å². The second-order valence-electron chi connectivity index (χ2n) is 5.99. The standard InChI is InChI=1S/C10H25NO2Si2/c1-14(2,3)11(15(4,5)6)9-7-8-10(12)13/h7-9H2,1-6H3,(H,12,13). The normalized spacial score (nSPS) is 13.3. The molecule has 0 fully saturated rings. The Labute approximate surface area is 95.7 Å². The van der Waals surface area contributed by atoms with Gasteiger partial charge in [-0.3, -0.25) is 4.79 Å². The number of carboxylic acid groups (broad SMARTS) is 1.